The van der Waals surface area contributed by atoms with Crippen LogP contribution in [0.4, 0.5) is 5.69 Å². The van der Waals surface area contributed by atoms with Gasteiger partial charge in [0.25, 0.3) is 5.91 Å². The summed E-state index contributed by atoms with van der Waals surface area (Å²) in [5.41, 5.74) is 5.10. The van der Waals surface area contributed by atoms with Crippen LogP contribution in [-0.4, -0.2) is 38.5 Å². The van der Waals surface area contributed by atoms with Crippen molar-refractivity contribution in [3.63, 3.8) is 0 Å². The summed E-state index contributed by atoms with van der Waals surface area (Å²) < 4.78 is 11.0. The van der Waals surface area contributed by atoms with E-state index in [-0.39, 0.29) is 5.91 Å². The highest BCUT2D eigenvalue weighted by atomic mass is 16.5. The van der Waals surface area contributed by atoms with Crippen molar-refractivity contribution in [3.05, 3.63) is 106 Å². The smallest absolute Gasteiger partial charge is 0.259 e. The zero-order valence-electron chi connectivity index (χ0n) is 19.6. The first kappa shape index (κ1) is 24.4. The lowest BCUT2D eigenvalue weighted by molar-refractivity contribution is -0.124. The van der Waals surface area contributed by atoms with Crippen LogP contribution in [0.25, 0.3) is 6.08 Å². The van der Waals surface area contributed by atoms with Gasteiger partial charge in [-0.25, -0.2) is 0 Å². The Hall–Kier alpha value is -3.71. The van der Waals surface area contributed by atoms with Crippen LogP contribution < -0.4 is 4.74 Å². The molecule has 7 heteroatoms. The van der Waals surface area contributed by atoms with Gasteiger partial charge in [-0.3, -0.25) is 4.79 Å². The summed E-state index contributed by atoms with van der Waals surface area (Å²) in [5.74, 6) is 0.769. The van der Waals surface area contributed by atoms with Gasteiger partial charge in [-0.1, -0.05) is 54.9 Å². The number of benzene rings is 2. The molecule has 0 spiro atoms. The molecule has 6 nitrogen and oxygen atoms in total. The molecular weight excluding hydrogens is 439 g/mol. The number of hydrogen-bond acceptors (Lipinski definition) is 5. The van der Waals surface area contributed by atoms with Crippen molar-refractivity contribution < 1.29 is 14.3 Å². The van der Waals surface area contributed by atoms with Gasteiger partial charge in [-0.15, -0.1) is 4.91 Å². The van der Waals surface area contributed by atoms with E-state index in [9.17, 15) is 9.70 Å². The van der Waals surface area contributed by atoms with Crippen LogP contribution in [0.3, 0.4) is 0 Å². The minimum absolute atomic E-state index is 0.00378. The fraction of sp³-hybridized carbons (Fsp3) is 0.250. The Bertz CT molecular complexity index is 1160. The van der Waals surface area contributed by atoms with Gasteiger partial charge in [0.15, 0.2) is 0 Å². The molecule has 0 aromatic heterocycles. The maximum Gasteiger partial charge on any atom is 0.259 e. The Kier molecular flexibility index (Phi) is 8.46. The first-order valence-corrected chi connectivity index (χ1v) is 11.7. The highest BCUT2D eigenvalue weighted by molar-refractivity contribution is 6.08. The van der Waals surface area contributed by atoms with E-state index < -0.39 is 0 Å². The number of carbonyl (C=O) groups excluding carboxylic acids is 1. The fourth-order valence-corrected chi connectivity index (χ4v) is 4.07. The summed E-state index contributed by atoms with van der Waals surface area (Å²) in [6.07, 6.45) is 12.1. The van der Waals surface area contributed by atoms with E-state index in [1.165, 1.54) is 0 Å². The Balaban J connectivity index is 1.43. The van der Waals surface area contributed by atoms with Crippen LogP contribution >= 0.6 is 0 Å². The van der Waals surface area contributed by atoms with Crippen LogP contribution in [0.15, 0.2) is 94.9 Å². The van der Waals surface area contributed by atoms with Crippen LogP contribution in [0, 0.1) is 4.91 Å². The standard InChI is InChI=1S/C28H27BN2O4/c29-16-17-34-18-19-35-24-14-10-22(11-15-24)20-31-27-7-2-1-5-25(27)26(28(31)32)6-3-4-21-8-12-23(30-33)13-9-21/h1,3-6,8-15H,2,7,16-20H2/b4-3+,26-6-. The van der Waals surface area contributed by atoms with Crippen molar-refractivity contribution in [1.29, 1.82) is 0 Å². The molecule has 1 aliphatic carbocycles. The molecule has 1 aliphatic heterocycles. The van der Waals surface area contributed by atoms with Crippen molar-refractivity contribution in [2.75, 3.05) is 19.8 Å². The van der Waals surface area contributed by atoms with Crippen LogP contribution in [0.2, 0.25) is 6.32 Å². The number of hydrogen-bond donors (Lipinski definition) is 0. The molecule has 4 rings (SSSR count). The molecule has 0 atom stereocenters. The molecule has 1 amide bonds. The molecule has 0 saturated heterocycles. The number of nitroso groups, excluding NO2 is 1. The average Bonchev–Trinajstić information content (AvgIpc) is 3.16. The Morgan fingerprint density at radius 3 is 2.57 bits per heavy atom. The normalized spacial score (nSPS) is 16.4. The monoisotopic (exact) mass is 466 g/mol. The highest BCUT2D eigenvalue weighted by Crippen LogP contribution is 2.37. The molecule has 2 aromatic rings. The predicted molar refractivity (Wildman–Crippen MR) is 138 cm³/mol. The van der Waals surface area contributed by atoms with Crippen LogP contribution in [0.1, 0.15) is 24.0 Å². The Morgan fingerprint density at radius 1 is 1.03 bits per heavy atom. The van der Waals surface area contributed by atoms with E-state index >= 15 is 0 Å². The first-order chi connectivity index (χ1) is 17.2. The zero-order chi connectivity index (χ0) is 24.5. The highest BCUT2D eigenvalue weighted by Gasteiger charge is 2.33. The van der Waals surface area contributed by atoms with Gasteiger partial charge in [-0.2, -0.15) is 0 Å². The average molecular weight is 466 g/mol. The number of allylic oxidation sites excluding steroid dienone is 5. The topological polar surface area (TPSA) is 68.2 Å². The Labute approximate surface area is 207 Å². The summed E-state index contributed by atoms with van der Waals surface area (Å²) >= 11 is 0. The summed E-state index contributed by atoms with van der Waals surface area (Å²) in [7, 11) is 5.40. The van der Waals surface area contributed by atoms with Crippen molar-refractivity contribution >= 4 is 25.5 Å². The maximum absolute atomic E-state index is 13.4. The van der Waals surface area contributed by atoms with E-state index in [1.54, 1.807) is 12.1 Å². The lowest BCUT2D eigenvalue weighted by Crippen LogP contribution is -2.25. The third-order valence-corrected chi connectivity index (χ3v) is 5.81. The van der Waals surface area contributed by atoms with Gasteiger partial charge in [0.2, 0.25) is 0 Å². The third-order valence-electron chi connectivity index (χ3n) is 5.81. The van der Waals surface area contributed by atoms with Gasteiger partial charge >= 0.3 is 0 Å². The number of ether oxygens (including phenoxy) is 2. The number of nitrogens with zero attached hydrogens (tertiary/aromatic N) is 2. The van der Waals surface area contributed by atoms with Gasteiger partial charge in [0, 0.05) is 23.5 Å². The first-order valence-electron chi connectivity index (χ1n) is 11.7. The third kappa shape index (κ3) is 6.25. The van der Waals surface area contributed by atoms with E-state index in [0.29, 0.717) is 43.9 Å². The van der Waals surface area contributed by atoms with Crippen molar-refractivity contribution in [2.24, 2.45) is 5.18 Å². The van der Waals surface area contributed by atoms with Crippen LogP contribution in [0.5, 0.6) is 5.75 Å². The lowest BCUT2D eigenvalue weighted by Gasteiger charge is -2.21. The van der Waals surface area contributed by atoms with Crippen molar-refractivity contribution in [1.82, 2.24) is 4.90 Å². The van der Waals surface area contributed by atoms with Gasteiger partial charge < -0.3 is 14.4 Å². The molecule has 0 fully saturated rings. The molecule has 1 heterocycles. The second-order valence-electron chi connectivity index (χ2n) is 8.21. The summed E-state index contributed by atoms with van der Waals surface area (Å²) in [6, 6.07) is 14.8. The largest absolute Gasteiger partial charge is 0.491 e. The van der Waals surface area contributed by atoms with Gasteiger partial charge in [0.05, 0.1) is 21.0 Å². The van der Waals surface area contributed by atoms with Crippen molar-refractivity contribution in [2.45, 2.75) is 25.7 Å². The molecule has 0 saturated carbocycles. The molecule has 0 unspecified atom stereocenters. The summed E-state index contributed by atoms with van der Waals surface area (Å²) in [4.78, 5) is 25.8. The van der Waals surface area contributed by atoms with E-state index in [1.807, 2.05) is 65.6 Å². The maximum atomic E-state index is 13.4. The minimum atomic E-state index is 0.00378. The molecule has 2 radical (unpaired) electrons. The SMILES string of the molecule is [B]CCOCCOc1ccc(CN2C(=O)/C(=C\C=C\c3ccc(N=O)cc3)C3=C2CCC=C3)cc1. The van der Waals surface area contributed by atoms with Gasteiger partial charge in [-0.05, 0) is 59.5 Å². The number of rotatable bonds is 11. The molecule has 35 heavy (non-hydrogen) atoms. The second kappa shape index (κ2) is 12.1. The molecule has 2 aliphatic rings. The molecule has 2 aromatic carbocycles. The van der Waals surface area contributed by atoms with E-state index in [0.717, 1.165) is 41.0 Å². The number of carbonyl (C=O) groups is 1. The number of amides is 1. The van der Waals surface area contributed by atoms with Crippen molar-refractivity contribution in [3.8, 4) is 5.75 Å². The van der Waals surface area contributed by atoms with Crippen LogP contribution in [-0.2, 0) is 16.1 Å². The molecule has 0 bridgehead atoms. The lowest BCUT2D eigenvalue weighted by atomic mass is 9.99. The quantitative estimate of drug-likeness (QED) is 0.186. The summed E-state index contributed by atoms with van der Waals surface area (Å²) in [6.45, 7) is 1.99. The minimum Gasteiger partial charge on any atom is -0.491 e. The molecule has 176 valence electrons. The summed E-state index contributed by atoms with van der Waals surface area (Å²) in [5, 5.41) is 2.91. The van der Waals surface area contributed by atoms with E-state index in [4.69, 9.17) is 17.3 Å². The zero-order valence-corrected chi connectivity index (χ0v) is 19.6. The fourth-order valence-electron chi connectivity index (χ4n) is 4.07. The Morgan fingerprint density at radius 2 is 1.83 bits per heavy atom. The van der Waals surface area contributed by atoms with Gasteiger partial charge in [0.1, 0.15) is 18.0 Å². The molecular formula is C28H27BN2O4. The molecule has 0 N–H and O–H groups in total. The second-order valence-corrected chi connectivity index (χ2v) is 8.21. The van der Waals surface area contributed by atoms with E-state index in [2.05, 4.69) is 11.3 Å². The predicted octanol–water partition coefficient (Wildman–Crippen LogP) is 5.65.